The summed E-state index contributed by atoms with van der Waals surface area (Å²) in [5.74, 6) is 2.21. The van der Waals surface area contributed by atoms with Crippen molar-refractivity contribution in [2.24, 2.45) is 11.7 Å². The lowest BCUT2D eigenvalue weighted by Gasteiger charge is -2.21. The fourth-order valence-corrected chi connectivity index (χ4v) is 2.68. The van der Waals surface area contributed by atoms with E-state index < -0.39 is 0 Å². The maximum absolute atomic E-state index is 6.10. The van der Waals surface area contributed by atoms with E-state index in [1.807, 2.05) is 26.0 Å². The molecule has 1 aliphatic heterocycles. The van der Waals surface area contributed by atoms with Crippen molar-refractivity contribution in [3.05, 3.63) is 23.8 Å². The van der Waals surface area contributed by atoms with Crippen molar-refractivity contribution in [1.82, 2.24) is 4.90 Å². The van der Waals surface area contributed by atoms with Gasteiger partial charge in [-0.15, -0.1) is 12.4 Å². The molecule has 2 rings (SSSR count). The lowest BCUT2D eigenvalue weighted by molar-refractivity contribution is 0.221. The minimum Gasteiger partial charge on any atom is -0.493 e. The number of para-hydroxylation sites is 1. The molecule has 0 saturated carbocycles. The zero-order valence-electron chi connectivity index (χ0n) is 13.3. The first-order valence-electron chi connectivity index (χ1n) is 7.31. The summed E-state index contributed by atoms with van der Waals surface area (Å²) < 4.78 is 11.4. The Hall–Kier alpha value is -0.970. The van der Waals surface area contributed by atoms with E-state index in [9.17, 15) is 0 Å². The van der Waals surface area contributed by atoms with Crippen molar-refractivity contribution in [3.63, 3.8) is 0 Å². The van der Waals surface area contributed by atoms with Gasteiger partial charge >= 0.3 is 0 Å². The van der Waals surface area contributed by atoms with Crippen LogP contribution in [0.2, 0.25) is 0 Å². The smallest absolute Gasteiger partial charge is 0.166 e. The zero-order chi connectivity index (χ0) is 14.7. The van der Waals surface area contributed by atoms with Gasteiger partial charge in [0.15, 0.2) is 11.5 Å². The van der Waals surface area contributed by atoms with Gasteiger partial charge in [-0.2, -0.15) is 0 Å². The third-order valence-corrected chi connectivity index (χ3v) is 3.77. The van der Waals surface area contributed by atoms with Crippen LogP contribution in [0.5, 0.6) is 11.5 Å². The predicted octanol–water partition coefficient (Wildman–Crippen LogP) is 2.68. The second-order valence-electron chi connectivity index (χ2n) is 5.95. The number of nitrogens with zero attached hydrogens (tertiary/aromatic N) is 1. The van der Waals surface area contributed by atoms with E-state index in [4.69, 9.17) is 15.2 Å². The standard InChI is InChI=1S/C16H26N2O2.ClH/c1-11(2)20-16-13(6-5-7-15(16)19-4)9-18-8-12(3)14(17)10-18;/h5-7,11-12,14H,8-10,17H2,1-4H3;1H. The summed E-state index contributed by atoms with van der Waals surface area (Å²) in [5, 5.41) is 0. The quantitative estimate of drug-likeness (QED) is 0.907. The highest BCUT2D eigenvalue weighted by Crippen LogP contribution is 2.33. The molecule has 1 saturated heterocycles. The molecule has 0 bridgehead atoms. The first kappa shape index (κ1) is 18.1. The highest BCUT2D eigenvalue weighted by Gasteiger charge is 2.27. The highest BCUT2D eigenvalue weighted by atomic mass is 35.5. The lowest BCUT2D eigenvalue weighted by atomic mass is 10.1. The van der Waals surface area contributed by atoms with Crippen LogP contribution in [-0.4, -0.2) is 37.2 Å². The van der Waals surface area contributed by atoms with E-state index >= 15 is 0 Å². The van der Waals surface area contributed by atoms with Gasteiger partial charge < -0.3 is 15.2 Å². The molecule has 1 aromatic rings. The maximum Gasteiger partial charge on any atom is 0.166 e. The Kier molecular flexibility index (Phi) is 6.78. The average Bonchev–Trinajstić information content (AvgIpc) is 2.70. The SMILES string of the molecule is COc1cccc(CN2CC(C)C(N)C2)c1OC(C)C.Cl. The Morgan fingerprint density at radius 2 is 2.05 bits per heavy atom. The van der Waals surface area contributed by atoms with E-state index in [2.05, 4.69) is 17.9 Å². The minimum absolute atomic E-state index is 0. The molecule has 1 aromatic carbocycles. The number of nitrogens with two attached hydrogens (primary N) is 1. The molecule has 0 amide bonds. The summed E-state index contributed by atoms with van der Waals surface area (Å²) in [6.45, 7) is 9.12. The van der Waals surface area contributed by atoms with Crippen LogP contribution in [0, 0.1) is 5.92 Å². The molecule has 4 nitrogen and oxygen atoms in total. The molecule has 2 N–H and O–H groups in total. The number of halogens is 1. The molecular formula is C16H27ClN2O2. The van der Waals surface area contributed by atoms with Crippen LogP contribution in [0.3, 0.4) is 0 Å². The van der Waals surface area contributed by atoms with E-state index in [0.717, 1.165) is 31.1 Å². The number of hydrogen-bond acceptors (Lipinski definition) is 4. The molecule has 1 heterocycles. The van der Waals surface area contributed by atoms with Gasteiger partial charge in [-0.3, -0.25) is 4.90 Å². The minimum atomic E-state index is 0. The zero-order valence-corrected chi connectivity index (χ0v) is 14.2. The van der Waals surface area contributed by atoms with Crippen LogP contribution < -0.4 is 15.2 Å². The molecule has 0 spiro atoms. The molecule has 21 heavy (non-hydrogen) atoms. The summed E-state index contributed by atoms with van der Waals surface area (Å²) in [6.07, 6.45) is 0.129. The maximum atomic E-state index is 6.10. The van der Waals surface area contributed by atoms with Gasteiger partial charge in [-0.05, 0) is 25.8 Å². The number of rotatable bonds is 5. The Labute approximate surface area is 134 Å². The summed E-state index contributed by atoms with van der Waals surface area (Å²) >= 11 is 0. The van der Waals surface area contributed by atoms with Crippen LogP contribution in [0.25, 0.3) is 0 Å². The van der Waals surface area contributed by atoms with Gasteiger partial charge in [0.25, 0.3) is 0 Å². The Bertz CT molecular complexity index is 444. The number of benzene rings is 1. The van der Waals surface area contributed by atoms with Crippen LogP contribution in [0.4, 0.5) is 0 Å². The summed E-state index contributed by atoms with van der Waals surface area (Å²) in [6, 6.07) is 6.34. The van der Waals surface area contributed by atoms with Crippen LogP contribution in [0.15, 0.2) is 18.2 Å². The van der Waals surface area contributed by atoms with Crippen molar-refractivity contribution in [2.75, 3.05) is 20.2 Å². The average molecular weight is 315 g/mol. The topological polar surface area (TPSA) is 47.7 Å². The number of methoxy groups -OCH3 is 1. The first-order valence-corrected chi connectivity index (χ1v) is 7.31. The predicted molar refractivity (Wildman–Crippen MR) is 88.4 cm³/mol. The number of ether oxygens (including phenoxy) is 2. The highest BCUT2D eigenvalue weighted by molar-refractivity contribution is 5.85. The van der Waals surface area contributed by atoms with Gasteiger partial charge in [0.2, 0.25) is 0 Å². The van der Waals surface area contributed by atoms with Gasteiger partial charge in [0.1, 0.15) is 0 Å². The van der Waals surface area contributed by atoms with Crippen molar-refractivity contribution in [3.8, 4) is 11.5 Å². The second kappa shape index (κ2) is 7.87. The third-order valence-electron chi connectivity index (χ3n) is 3.77. The van der Waals surface area contributed by atoms with Gasteiger partial charge in [-0.1, -0.05) is 19.1 Å². The first-order chi connectivity index (χ1) is 9.51. The monoisotopic (exact) mass is 314 g/mol. The van der Waals surface area contributed by atoms with Crippen LogP contribution >= 0.6 is 12.4 Å². The molecule has 2 atom stereocenters. The third kappa shape index (κ3) is 4.50. The molecule has 0 radical (unpaired) electrons. The van der Waals surface area contributed by atoms with Crippen LogP contribution in [0.1, 0.15) is 26.3 Å². The molecule has 1 fully saturated rings. The van der Waals surface area contributed by atoms with Gasteiger partial charge in [0.05, 0.1) is 13.2 Å². The molecule has 5 heteroatoms. The largest absolute Gasteiger partial charge is 0.493 e. The van der Waals surface area contributed by atoms with Crippen LogP contribution in [-0.2, 0) is 6.54 Å². The molecule has 0 aromatic heterocycles. The van der Waals surface area contributed by atoms with Crippen molar-refractivity contribution in [2.45, 2.75) is 39.5 Å². The Morgan fingerprint density at radius 3 is 2.57 bits per heavy atom. The Balaban J connectivity index is 0.00000220. The fraction of sp³-hybridized carbons (Fsp3) is 0.625. The van der Waals surface area contributed by atoms with E-state index in [0.29, 0.717) is 5.92 Å². The normalized spacial score (nSPS) is 22.2. The molecule has 120 valence electrons. The summed E-state index contributed by atoms with van der Waals surface area (Å²) in [4.78, 5) is 2.39. The summed E-state index contributed by atoms with van der Waals surface area (Å²) in [7, 11) is 1.68. The van der Waals surface area contributed by atoms with E-state index in [-0.39, 0.29) is 24.6 Å². The number of hydrogen-bond donors (Lipinski definition) is 1. The van der Waals surface area contributed by atoms with E-state index in [1.54, 1.807) is 7.11 Å². The fourth-order valence-electron chi connectivity index (χ4n) is 2.68. The molecule has 0 aliphatic carbocycles. The van der Waals surface area contributed by atoms with Crippen molar-refractivity contribution >= 4 is 12.4 Å². The van der Waals surface area contributed by atoms with E-state index in [1.165, 1.54) is 5.56 Å². The molecule has 1 aliphatic rings. The van der Waals surface area contributed by atoms with Crippen molar-refractivity contribution < 1.29 is 9.47 Å². The summed E-state index contributed by atoms with van der Waals surface area (Å²) in [5.41, 5.74) is 7.27. The Morgan fingerprint density at radius 1 is 1.33 bits per heavy atom. The molecular weight excluding hydrogens is 288 g/mol. The van der Waals surface area contributed by atoms with Crippen molar-refractivity contribution in [1.29, 1.82) is 0 Å². The lowest BCUT2D eigenvalue weighted by Crippen LogP contribution is -2.28. The number of likely N-dealkylation sites (tertiary alicyclic amines) is 1. The second-order valence-corrected chi connectivity index (χ2v) is 5.95. The van der Waals surface area contributed by atoms with Gasteiger partial charge in [0, 0.05) is 31.2 Å². The molecule has 2 unspecified atom stereocenters. The van der Waals surface area contributed by atoms with Gasteiger partial charge in [-0.25, -0.2) is 0 Å².